The van der Waals surface area contributed by atoms with Crippen molar-refractivity contribution in [1.82, 2.24) is 10.2 Å². The lowest BCUT2D eigenvalue weighted by Gasteiger charge is -2.32. The average molecular weight is 244 g/mol. The third-order valence-electron chi connectivity index (χ3n) is 2.39. The van der Waals surface area contributed by atoms with Crippen LogP contribution in [0.25, 0.3) is 0 Å². The first kappa shape index (κ1) is 15.9. The summed E-state index contributed by atoms with van der Waals surface area (Å²) in [5, 5.41) is 12.0. The van der Waals surface area contributed by atoms with Gasteiger partial charge < -0.3 is 20.1 Å². The van der Waals surface area contributed by atoms with Crippen LogP contribution >= 0.6 is 0 Å². The fraction of sp³-hybridized carbons (Fsp3) is 0.750. The zero-order valence-electron chi connectivity index (χ0n) is 11.4. The standard InChI is InChI=1S/C12H24N2O3/c1-9(2)10(15)17-8-7-13-11(16)14(6)12(3,4)5/h10,15H,1,7-8H2,2-6H3,(H,13,16). The van der Waals surface area contributed by atoms with Crippen molar-refractivity contribution in [2.45, 2.75) is 39.5 Å². The molecule has 0 aromatic carbocycles. The van der Waals surface area contributed by atoms with Gasteiger partial charge in [-0.05, 0) is 33.3 Å². The van der Waals surface area contributed by atoms with Crippen molar-refractivity contribution >= 4 is 6.03 Å². The number of hydrogen-bond donors (Lipinski definition) is 2. The number of ether oxygens (including phenoxy) is 1. The number of carbonyl (C=O) groups excluding carboxylic acids is 1. The molecular formula is C12H24N2O3. The number of urea groups is 1. The number of aliphatic hydroxyl groups excluding tert-OH is 1. The summed E-state index contributed by atoms with van der Waals surface area (Å²) in [5.41, 5.74) is 0.324. The summed E-state index contributed by atoms with van der Waals surface area (Å²) in [7, 11) is 1.74. The first-order valence-electron chi connectivity index (χ1n) is 5.63. The zero-order chi connectivity index (χ0) is 13.6. The van der Waals surface area contributed by atoms with Crippen molar-refractivity contribution in [2.24, 2.45) is 0 Å². The molecule has 5 nitrogen and oxygen atoms in total. The van der Waals surface area contributed by atoms with E-state index in [1.165, 1.54) is 0 Å². The molecule has 5 heteroatoms. The van der Waals surface area contributed by atoms with E-state index in [-0.39, 0.29) is 18.2 Å². The monoisotopic (exact) mass is 244 g/mol. The van der Waals surface area contributed by atoms with Crippen molar-refractivity contribution in [2.75, 3.05) is 20.2 Å². The van der Waals surface area contributed by atoms with Crippen LogP contribution in [0.1, 0.15) is 27.7 Å². The largest absolute Gasteiger partial charge is 0.364 e. The number of rotatable bonds is 5. The molecule has 0 aromatic heterocycles. The molecular weight excluding hydrogens is 220 g/mol. The minimum atomic E-state index is -0.966. The highest BCUT2D eigenvalue weighted by atomic mass is 16.6. The van der Waals surface area contributed by atoms with Crippen LogP contribution in [0.5, 0.6) is 0 Å². The second kappa shape index (κ2) is 6.61. The highest BCUT2D eigenvalue weighted by Crippen LogP contribution is 2.09. The van der Waals surface area contributed by atoms with Crippen LogP contribution in [0.15, 0.2) is 12.2 Å². The molecule has 100 valence electrons. The molecule has 0 spiro atoms. The lowest BCUT2D eigenvalue weighted by Crippen LogP contribution is -2.48. The number of nitrogens with zero attached hydrogens (tertiary/aromatic N) is 1. The number of carbonyl (C=O) groups is 1. The van der Waals surface area contributed by atoms with Crippen molar-refractivity contribution in [1.29, 1.82) is 0 Å². The predicted molar refractivity (Wildman–Crippen MR) is 67.7 cm³/mol. The second-order valence-corrected chi connectivity index (χ2v) is 5.03. The van der Waals surface area contributed by atoms with Gasteiger partial charge in [-0.15, -0.1) is 0 Å². The zero-order valence-corrected chi connectivity index (χ0v) is 11.4. The Morgan fingerprint density at radius 3 is 2.47 bits per heavy atom. The highest BCUT2D eigenvalue weighted by Gasteiger charge is 2.21. The van der Waals surface area contributed by atoms with Gasteiger partial charge in [-0.2, -0.15) is 0 Å². The van der Waals surface area contributed by atoms with E-state index >= 15 is 0 Å². The molecule has 0 aliphatic heterocycles. The lowest BCUT2D eigenvalue weighted by molar-refractivity contribution is -0.0699. The second-order valence-electron chi connectivity index (χ2n) is 5.03. The third kappa shape index (κ3) is 6.28. The number of nitrogens with one attached hydrogen (secondary N) is 1. The van der Waals surface area contributed by atoms with Gasteiger partial charge in [0.15, 0.2) is 6.29 Å². The van der Waals surface area contributed by atoms with Gasteiger partial charge in [0.05, 0.1) is 6.61 Å². The molecule has 0 saturated carbocycles. The fourth-order valence-corrected chi connectivity index (χ4v) is 0.894. The van der Waals surface area contributed by atoms with Gasteiger partial charge in [0.1, 0.15) is 0 Å². The maximum absolute atomic E-state index is 11.6. The molecule has 2 amide bonds. The molecule has 0 rings (SSSR count). The SMILES string of the molecule is C=C(C)C(O)OCCNC(=O)N(C)C(C)(C)C. The Balaban J connectivity index is 3.84. The summed E-state index contributed by atoms with van der Waals surface area (Å²) in [6.45, 7) is 11.7. The van der Waals surface area contributed by atoms with Gasteiger partial charge in [-0.3, -0.25) is 0 Å². The van der Waals surface area contributed by atoms with E-state index in [1.807, 2.05) is 20.8 Å². The smallest absolute Gasteiger partial charge is 0.317 e. The van der Waals surface area contributed by atoms with E-state index in [2.05, 4.69) is 11.9 Å². The van der Waals surface area contributed by atoms with Gasteiger partial charge in [0, 0.05) is 19.1 Å². The Morgan fingerprint density at radius 1 is 1.53 bits per heavy atom. The molecule has 0 heterocycles. The molecule has 0 bridgehead atoms. The van der Waals surface area contributed by atoms with Crippen LogP contribution < -0.4 is 5.32 Å². The normalized spacial score (nSPS) is 13.1. The first-order valence-corrected chi connectivity index (χ1v) is 5.63. The summed E-state index contributed by atoms with van der Waals surface area (Å²) in [5.74, 6) is 0. The molecule has 0 fully saturated rings. The quantitative estimate of drug-likeness (QED) is 0.436. The Labute approximate surface area is 103 Å². The van der Waals surface area contributed by atoms with Crippen LogP contribution in [-0.2, 0) is 4.74 Å². The number of amides is 2. The van der Waals surface area contributed by atoms with E-state index in [1.54, 1.807) is 18.9 Å². The van der Waals surface area contributed by atoms with Crippen molar-refractivity contribution in [3.05, 3.63) is 12.2 Å². The minimum absolute atomic E-state index is 0.161. The summed E-state index contributed by atoms with van der Waals surface area (Å²) in [6.07, 6.45) is -0.966. The molecule has 0 aliphatic rings. The van der Waals surface area contributed by atoms with Crippen LogP contribution in [-0.4, -0.2) is 48.1 Å². The predicted octanol–water partition coefficient (Wildman–Crippen LogP) is 1.34. The van der Waals surface area contributed by atoms with Crippen molar-refractivity contribution in [3.63, 3.8) is 0 Å². The molecule has 0 aromatic rings. The van der Waals surface area contributed by atoms with E-state index in [4.69, 9.17) is 4.74 Å². The molecule has 1 unspecified atom stereocenters. The van der Waals surface area contributed by atoms with Gasteiger partial charge in [0.25, 0.3) is 0 Å². The average Bonchev–Trinajstić information content (AvgIpc) is 2.20. The Kier molecular flexibility index (Phi) is 6.20. The molecule has 0 aliphatic carbocycles. The number of hydrogen-bond acceptors (Lipinski definition) is 3. The highest BCUT2D eigenvalue weighted by molar-refractivity contribution is 5.74. The van der Waals surface area contributed by atoms with Crippen molar-refractivity contribution < 1.29 is 14.6 Å². The van der Waals surface area contributed by atoms with Crippen LogP contribution in [0.2, 0.25) is 0 Å². The Morgan fingerprint density at radius 2 is 2.06 bits per heavy atom. The van der Waals surface area contributed by atoms with E-state index in [0.717, 1.165) is 0 Å². The third-order valence-corrected chi connectivity index (χ3v) is 2.39. The Bertz CT molecular complexity index is 271. The van der Waals surface area contributed by atoms with Gasteiger partial charge in [0.2, 0.25) is 0 Å². The lowest BCUT2D eigenvalue weighted by atomic mass is 10.1. The maximum Gasteiger partial charge on any atom is 0.317 e. The fourth-order valence-electron chi connectivity index (χ4n) is 0.894. The molecule has 2 N–H and O–H groups in total. The maximum atomic E-state index is 11.6. The van der Waals surface area contributed by atoms with Gasteiger partial charge >= 0.3 is 6.03 Å². The Hall–Kier alpha value is -1.07. The van der Waals surface area contributed by atoms with E-state index in [9.17, 15) is 9.90 Å². The summed E-state index contributed by atoms with van der Waals surface area (Å²) >= 11 is 0. The minimum Gasteiger partial charge on any atom is -0.364 e. The van der Waals surface area contributed by atoms with Gasteiger partial charge in [-0.25, -0.2) is 4.79 Å². The van der Waals surface area contributed by atoms with E-state index in [0.29, 0.717) is 12.1 Å². The topological polar surface area (TPSA) is 61.8 Å². The molecule has 1 atom stereocenters. The summed E-state index contributed by atoms with van der Waals surface area (Å²) in [4.78, 5) is 13.3. The summed E-state index contributed by atoms with van der Waals surface area (Å²) < 4.78 is 5.04. The molecule has 0 radical (unpaired) electrons. The van der Waals surface area contributed by atoms with Crippen molar-refractivity contribution in [3.8, 4) is 0 Å². The first-order chi connectivity index (χ1) is 7.66. The van der Waals surface area contributed by atoms with Crippen LogP contribution in [0.3, 0.4) is 0 Å². The van der Waals surface area contributed by atoms with Gasteiger partial charge in [-0.1, -0.05) is 6.58 Å². The molecule has 17 heavy (non-hydrogen) atoms. The van der Waals surface area contributed by atoms with Crippen LogP contribution in [0, 0.1) is 0 Å². The number of aliphatic hydroxyl groups is 1. The summed E-state index contributed by atoms with van der Waals surface area (Å²) in [6, 6.07) is -0.161. The van der Waals surface area contributed by atoms with E-state index < -0.39 is 6.29 Å². The molecule has 0 saturated heterocycles. The van der Waals surface area contributed by atoms with Crippen LogP contribution in [0.4, 0.5) is 4.79 Å².